The van der Waals surface area contributed by atoms with Crippen LogP contribution in [0, 0.1) is 0 Å². The summed E-state index contributed by atoms with van der Waals surface area (Å²) in [6, 6.07) is 8.32. The quantitative estimate of drug-likeness (QED) is 0.598. The average molecular weight is 304 g/mol. The summed E-state index contributed by atoms with van der Waals surface area (Å²) in [7, 11) is 0. The first-order chi connectivity index (χ1) is 9.80. The van der Waals surface area contributed by atoms with Crippen molar-refractivity contribution in [1.82, 2.24) is 0 Å². The van der Waals surface area contributed by atoms with Crippen LogP contribution in [0.5, 0.6) is 0 Å². The molecule has 1 aromatic rings. The van der Waals surface area contributed by atoms with Crippen molar-refractivity contribution in [3.63, 3.8) is 0 Å². The van der Waals surface area contributed by atoms with Crippen LogP contribution in [0.4, 0.5) is 13.2 Å². The van der Waals surface area contributed by atoms with Crippen molar-refractivity contribution in [3.05, 3.63) is 35.9 Å². The Labute approximate surface area is 119 Å². The topological polar surface area (TPSA) is 52.6 Å². The maximum absolute atomic E-state index is 11.9. The summed E-state index contributed by atoms with van der Waals surface area (Å²) in [6.45, 7) is 1.39. The van der Waals surface area contributed by atoms with Gasteiger partial charge in [0.25, 0.3) is 0 Å². The van der Waals surface area contributed by atoms with E-state index in [-0.39, 0.29) is 13.0 Å². The van der Waals surface area contributed by atoms with Gasteiger partial charge in [-0.05, 0) is 31.9 Å². The van der Waals surface area contributed by atoms with Crippen LogP contribution in [0.2, 0.25) is 0 Å². The molecule has 1 atom stereocenters. The molecule has 0 heterocycles. The van der Waals surface area contributed by atoms with Crippen molar-refractivity contribution < 1.29 is 32.2 Å². The Morgan fingerprint density at radius 1 is 1.19 bits per heavy atom. The van der Waals surface area contributed by atoms with Crippen molar-refractivity contribution in [1.29, 1.82) is 0 Å². The number of carbonyl (C=O) groups is 2. The Balaban J connectivity index is 2.22. The van der Waals surface area contributed by atoms with Gasteiger partial charge in [-0.3, -0.25) is 0 Å². The van der Waals surface area contributed by atoms with Crippen LogP contribution in [0.25, 0.3) is 0 Å². The lowest BCUT2D eigenvalue weighted by molar-refractivity contribution is -0.204. The number of esters is 2. The highest BCUT2D eigenvalue weighted by atomic mass is 19.4. The molecule has 0 radical (unpaired) electrons. The second-order valence-corrected chi connectivity index (χ2v) is 4.36. The van der Waals surface area contributed by atoms with Crippen LogP contribution in [0.3, 0.4) is 0 Å². The van der Waals surface area contributed by atoms with Crippen molar-refractivity contribution in [2.24, 2.45) is 0 Å². The first-order valence-electron chi connectivity index (χ1n) is 6.30. The number of alkyl halides is 3. The Hall–Kier alpha value is -2.05. The Bertz CT molecular complexity index is 471. The fourth-order valence-electron chi connectivity index (χ4n) is 1.50. The summed E-state index contributed by atoms with van der Waals surface area (Å²) in [4.78, 5) is 22.1. The molecule has 0 aliphatic heterocycles. The number of hydrogen-bond donors (Lipinski definition) is 0. The van der Waals surface area contributed by atoms with E-state index in [2.05, 4.69) is 4.74 Å². The predicted octanol–water partition coefficient (Wildman–Crippen LogP) is 3.12. The fraction of sp³-hybridized carbons (Fsp3) is 0.429. The molecular weight excluding hydrogens is 289 g/mol. The minimum absolute atomic E-state index is 0.0433. The van der Waals surface area contributed by atoms with Gasteiger partial charge < -0.3 is 9.47 Å². The van der Waals surface area contributed by atoms with Gasteiger partial charge in [-0.1, -0.05) is 18.2 Å². The molecule has 4 nitrogen and oxygen atoms in total. The lowest BCUT2D eigenvalue weighted by Gasteiger charge is -2.14. The molecule has 0 saturated heterocycles. The van der Waals surface area contributed by atoms with Crippen LogP contribution >= 0.6 is 0 Å². The molecule has 0 aromatic heterocycles. The van der Waals surface area contributed by atoms with E-state index >= 15 is 0 Å². The summed E-state index contributed by atoms with van der Waals surface area (Å²) in [5.74, 6) is -2.72. The summed E-state index contributed by atoms with van der Waals surface area (Å²) in [6.07, 6.45) is -5.42. The highest BCUT2D eigenvalue weighted by Crippen LogP contribution is 2.18. The average Bonchev–Trinajstić information content (AvgIpc) is 2.43. The maximum Gasteiger partial charge on any atom is 0.490 e. The van der Waals surface area contributed by atoms with Crippen LogP contribution in [0.15, 0.2) is 30.3 Å². The minimum atomic E-state index is -4.99. The Morgan fingerprint density at radius 2 is 1.81 bits per heavy atom. The van der Waals surface area contributed by atoms with E-state index in [1.807, 2.05) is 0 Å². The summed E-state index contributed by atoms with van der Waals surface area (Å²) < 4.78 is 45.0. The van der Waals surface area contributed by atoms with Crippen molar-refractivity contribution >= 4 is 11.9 Å². The highest BCUT2D eigenvalue weighted by Gasteiger charge is 2.41. The van der Waals surface area contributed by atoms with Gasteiger partial charge >= 0.3 is 18.1 Å². The van der Waals surface area contributed by atoms with Crippen LogP contribution < -0.4 is 0 Å². The molecule has 1 rings (SSSR count). The number of ether oxygens (including phenoxy) is 2. The number of carbonyl (C=O) groups excluding carboxylic acids is 2. The third-order valence-electron chi connectivity index (χ3n) is 2.54. The second kappa shape index (κ2) is 7.66. The molecule has 0 bridgehead atoms. The molecule has 1 unspecified atom stereocenters. The monoisotopic (exact) mass is 304 g/mol. The van der Waals surface area contributed by atoms with E-state index in [9.17, 15) is 22.8 Å². The molecular formula is C14H15F3O4. The van der Waals surface area contributed by atoms with Crippen molar-refractivity contribution in [2.75, 3.05) is 6.61 Å². The second-order valence-electron chi connectivity index (χ2n) is 4.36. The SMILES string of the molecule is CC(CCCOC(=O)c1ccccc1)OC(=O)C(F)(F)F. The molecule has 0 aliphatic carbocycles. The molecule has 0 N–H and O–H groups in total. The number of benzene rings is 1. The highest BCUT2D eigenvalue weighted by molar-refractivity contribution is 5.89. The third kappa shape index (κ3) is 6.29. The number of rotatable bonds is 6. The Kier molecular flexibility index (Phi) is 6.20. The van der Waals surface area contributed by atoms with Crippen LogP contribution in [0.1, 0.15) is 30.1 Å². The summed E-state index contributed by atoms with van der Waals surface area (Å²) in [5.41, 5.74) is 0.397. The zero-order valence-corrected chi connectivity index (χ0v) is 11.4. The van der Waals surface area contributed by atoms with E-state index in [0.717, 1.165) is 0 Å². The van der Waals surface area contributed by atoms with E-state index in [0.29, 0.717) is 12.0 Å². The number of hydrogen-bond acceptors (Lipinski definition) is 4. The van der Waals surface area contributed by atoms with E-state index < -0.39 is 24.2 Å². The zero-order valence-electron chi connectivity index (χ0n) is 11.4. The van der Waals surface area contributed by atoms with Gasteiger partial charge in [0, 0.05) is 0 Å². The third-order valence-corrected chi connectivity index (χ3v) is 2.54. The molecule has 0 saturated carbocycles. The lowest BCUT2D eigenvalue weighted by Crippen LogP contribution is -2.29. The van der Waals surface area contributed by atoms with Crippen molar-refractivity contribution in [2.45, 2.75) is 32.0 Å². The van der Waals surface area contributed by atoms with Crippen LogP contribution in [-0.4, -0.2) is 30.8 Å². The van der Waals surface area contributed by atoms with Gasteiger partial charge in [0.05, 0.1) is 18.3 Å². The largest absolute Gasteiger partial charge is 0.490 e. The van der Waals surface area contributed by atoms with Gasteiger partial charge in [0.15, 0.2) is 0 Å². The molecule has 21 heavy (non-hydrogen) atoms. The van der Waals surface area contributed by atoms with E-state index in [1.165, 1.54) is 6.92 Å². The normalized spacial score (nSPS) is 12.6. The Morgan fingerprint density at radius 3 is 2.38 bits per heavy atom. The van der Waals surface area contributed by atoms with Crippen molar-refractivity contribution in [3.8, 4) is 0 Å². The maximum atomic E-state index is 11.9. The van der Waals surface area contributed by atoms with Gasteiger partial charge in [-0.2, -0.15) is 13.2 Å². The molecule has 0 aliphatic rings. The minimum Gasteiger partial charge on any atom is -0.462 e. The van der Waals surface area contributed by atoms with Gasteiger partial charge in [-0.15, -0.1) is 0 Å². The number of halogens is 3. The zero-order chi connectivity index (χ0) is 15.9. The first-order valence-corrected chi connectivity index (χ1v) is 6.30. The molecule has 7 heteroatoms. The molecule has 0 fully saturated rings. The summed E-state index contributed by atoms with van der Waals surface area (Å²) >= 11 is 0. The molecule has 0 spiro atoms. The van der Waals surface area contributed by atoms with Gasteiger partial charge in [0.1, 0.15) is 0 Å². The fourth-order valence-corrected chi connectivity index (χ4v) is 1.50. The first kappa shape index (κ1) is 17.0. The molecule has 116 valence electrons. The predicted molar refractivity (Wildman–Crippen MR) is 67.6 cm³/mol. The molecule has 1 aromatic carbocycles. The van der Waals surface area contributed by atoms with Gasteiger partial charge in [0.2, 0.25) is 0 Å². The lowest BCUT2D eigenvalue weighted by atomic mass is 10.2. The van der Waals surface area contributed by atoms with Crippen LogP contribution in [-0.2, 0) is 14.3 Å². The summed E-state index contributed by atoms with van der Waals surface area (Å²) in [5, 5.41) is 0. The van der Waals surface area contributed by atoms with E-state index in [1.54, 1.807) is 30.3 Å². The van der Waals surface area contributed by atoms with E-state index in [4.69, 9.17) is 4.74 Å². The standard InChI is InChI=1S/C14H15F3O4/c1-10(21-13(19)14(15,16)17)6-5-9-20-12(18)11-7-3-2-4-8-11/h2-4,7-8,10H,5-6,9H2,1H3. The smallest absolute Gasteiger partial charge is 0.462 e. The molecule has 0 amide bonds. The van der Waals surface area contributed by atoms with Gasteiger partial charge in [-0.25, -0.2) is 9.59 Å².